The van der Waals surface area contributed by atoms with Crippen LogP contribution < -0.4 is 15.5 Å². The van der Waals surface area contributed by atoms with Crippen molar-refractivity contribution in [2.45, 2.75) is 32.2 Å². The van der Waals surface area contributed by atoms with Crippen LogP contribution in [0.4, 0.5) is 17.8 Å². The summed E-state index contributed by atoms with van der Waals surface area (Å²) in [6.07, 6.45) is 2.10. The van der Waals surface area contributed by atoms with Gasteiger partial charge in [-0.2, -0.15) is 15.0 Å². The lowest BCUT2D eigenvalue weighted by Crippen LogP contribution is -2.43. The molecule has 0 aliphatic carbocycles. The van der Waals surface area contributed by atoms with Crippen molar-refractivity contribution in [1.29, 1.82) is 0 Å². The van der Waals surface area contributed by atoms with Crippen LogP contribution in [0, 0.1) is 0 Å². The highest BCUT2D eigenvalue weighted by Crippen LogP contribution is 2.23. The van der Waals surface area contributed by atoms with Crippen LogP contribution in [0.3, 0.4) is 0 Å². The largest absolute Gasteiger partial charge is 0.379 e. The molecular weight excluding hydrogens is 256 g/mol. The van der Waals surface area contributed by atoms with E-state index in [0.717, 1.165) is 26.0 Å². The van der Waals surface area contributed by atoms with Crippen LogP contribution >= 0.6 is 0 Å². The Kier molecular flexibility index (Phi) is 4.59. The van der Waals surface area contributed by atoms with Crippen molar-refractivity contribution in [3.05, 3.63) is 0 Å². The second-order valence-electron chi connectivity index (χ2n) is 5.55. The molecule has 1 aromatic heterocycles. The molecule has 0 amide bonds. The second-order valence-corrected chi connectivity index (χ2v) is 5.55. The molecule has 2 heterocycles. The molecule has 1 atom stereocenters. The van der Waals surface area contributed by atoms with Crippen LogP contribution in [0.1, 0.15) is 26.7 Å². The molecule has 1 aliphatic heterocycles. The van der Waals surface area contributed by atoms with Crippen LogP contribution in [0.2, 0.25) is 0 Å². The fourth-order valence-electron chi connectivity index (χ4n) is 2.16. The standard InChI is InChI=1S/C13H24N6O/c1-5-14-10-15-11(17-12(16-10)19(3)4)18-13(2)7-6-8-20-9-13/h5-9H2,1-4H3,(H2,14,15,16,17,18). The summed E-state index contributed by atoms with van der Waals surface area (Å²) in [5, 5.41) is 6.53. The first-order valence-electron chi connectivity index (χ1n) is 7.05. The Hall–Kier alpha value is -1.63. The topological polar surface area (TPSA) is 75.2 Å². The minimum atomic E-state index is -0.118. The van der Waals surface area contributed by atoms with Crippen LogP contribution in [0.5, 0.6) is 0 Å². The van der Waals surface area contributed by atoms with Gasteiger partial charge in [0.25, 0.3) is 0 Å². The number of hydrogen-bond donors (Lipinski definition) is 2. The van der Waals surface area contributed by atoms with E-state index in [-0.39, 0.29) is 5.54 Å². The van der Waals surface area contributed by atoms with E-state index >= 15 is 0 Å². The zero-order chi connectivity index (χ0) is 14.6. The van der Waals surface area contributed by atoms with Crippen molar-refractivity contribution in [2.24, 2.45) is 0 Å². The molecule has 112 valence electrons. The lowest BCUT2D eigenvalue weighted by atomic mass is 9.95. The summed E-state index contributed by atoms with van der Waals surface area (Å²) in [7, 11) is 3.83. The Morgan fingerprint density at radius 1 is 1.25 bits per heavy atom. The van der Waals surface area contributed by atoms with E-state index in [1.807, 2.05) is 25.9 Å². The minimum Gasteiger partial charge on any atom is -0.379 e. The third-order valence-electron chi connectivity index (χ3n) is 3.21. The molecule has 0 saturated carbocycles. The van der Waals surface area contributed by atoms with E-state index in [0.29, 0.717) is 24.5 Å². The monoisotopic (exact) mass is 280 g/mol. The van der Waals surface area contributed by atoms with E-state index in [9.17, 15) is 0 Å². The molecule has 0 aromatic carbocycles. The van der Waals surface area contributed by atoms with Crippen LogP contribution in [-0.4, -0.2) is 54.3 Å². The highest BCUT2D eigenvalue weighted by atomic mass is 16.5. The summed E-state index contributed by atoms with van der Waals surface area (Å²) in [4.78, 5) is 15.1. The lowest BCUT2D eigenvalue weighted by molar-refractivity contribution is 0.0537. The molecule has 1 fully saturated rings. The fourth-order valence-corrected chi connectivity index (χ4v) is 2.16. The summed E-state index contributed by atoms with van der Waals surface area (Å²) >= 11 is 0. The molecule has 1 aliphatic rings. The molecule has 2 rings (SSSR count). The molecule has 2 N–H and O–H groups in total. The van der Waals surface area contributed by atoms with Gasteiger partial charge in [-0.1, -0.05) is 0 Å². The predicted octanol–water partition coefficient (Wildman–Crippen LogP) is 1.35. The van der Waals surface area contributed by atoms with E-state index in [1.54, 1.807) is 0 Å². The van der Waals surface area contributed by atoms with E-state index in [2.05, 4.69) is 32.5 Å². The summed E-state index contributed by atoms with van der Waals surface area (Å²) in [5.74, 6) is 1.82. The van der Waals surface area contributed by atoms with Gasteiger partial charge in [-0.25, -0.2) is 0 Å². The molecule has 0 radical (unpaired) electrons. The first kappa shape index (κ1) is 14.8. The number of anilines is 3. The molecule has 0 spiro atoms. The van der Waals surface area contributed by atoms with Gasteiger partial charge in [-0.3, -0.25) is 0 Å². The highest BCUT2D eigenvalue weighted by molar-refractivity contribution is 5.44. The first-order chi connectivity index (χ1) is 9.52. The van der Waals surface area contributed by atoms with Crippen molar-refractivity contribution in [2.75, 3.05) is 49.4 Å². The Bertz CT molecular complexity index is 444. The third-order valence-corrected chi connectivity index (χ3v) is 3.21. The quantitative estimate of drug-likeness (QED) is 0.843. The van der Waals surface area contributed by atoms with E-state index < -0.39 is 0 Å². The minimum absolute atomic E-state index is 0.118. The smallest absolute Gasteiger partial charge is 0.231 e. The molecule has 1 saturated heterocycles. The van der Waals surface area contributed by atoms with Crippen molar-refractivity contribution < 1.29 is 4.74 Å². The number of nitrogens with one attached hydrogen (secondary N) is 2. The van der Waals surface area contributed by atoms with Crippen LogP contribution in [-0.2, 0) is 4.74 Å². The Morgan fingerprint density at radius 2 is 2.00 bits per heavy atom. The van der Waals surface area contributed by atoms with Gasteiger partial charge in [0.2, 0.25) is 17.8 Å². The predicted molar refractivity (Wildman–Crippen MR) is 80.4 cm³/mol. The summed E-state index contributed by atoms with van der Waals surface area (Å²) in [5.41, 5.74) is -0.118. The Morgan fingerprint density at radius 3 is 2.60 bits per heavy atom. The van der Waals surface area contributed by atoms with Crippen LogP contribution in [0.25, 0.3) is 0 Å². The maximum absolute atomic E-state index is 5.55. The second kappa shape index (κ2) is 6.21. The van der Waals surface area contributed by atoms with Gasteiger partial charge in [0.15, 0.2) is 0 Å². The molecule has 20 heavy (non-hydrogen) atoms. The number of rotatable bonds is 5. The molecular formula is C13H24N6O. The fraction of sp³-hybridized carbons (Fsp3) is 0.769. The average Bonchev–Trinajstić information content (AvgIpc) is 2.39. The van der Waals surface area contributed by atoms with Crippen molar-refractivity contribution in [1.82, 2.24) is 15.0 Å². The molecule has 1 aromatic rings. The number of ether oxygens (including phenoxy) is 1. The molecule has 7 heteroatoms. The Balaban J connectivity index is 2.20. The van der Waals surface area contributed by atoms with Gasteiger partial charge in [0.05, 0.1) is 12.1 Å². The third kappa shape index (κ3) is 3.69. The lowest BCUT2D eigenvalue weighted by Gasteiger charge is -2.34. The molecule has 0 bridgehead atoms. The highest BCUT2D eigenvalue weighted by Gasteiger charge is 2.28. The maximum Gasteiger partial charge on any atom is 0.231 e. The van der Waals surface area contributed by atoms with Crippen molar-refractivity contribution in [3.63, 3.8) is 0 Å². The maximum atomic E-state index is 5.55. The first-order valence-corrected chi connectivity index (χ1v) is 7.05. The summed E-state index contributed by atoms with van der Waals surface area (Å²) < 4.78 is 5.55. The average molecular weight is 280 g/mol. The zero-order valence-corrected chi connectivity index (χ0v) is 12.7. The summed E-state index contributed by atoms with van der Waals surface area (Å²) in [6, 6.07) is 0. The number of nitrogens with zero attached hydrogens (tertiary/aromatic N) is 4. The van der Waals surface area contributed by atoms with Gasteiger partial charge < -0.3 is 20.3 Å². The Labute approximate surface area is 120 Å². The van der Waals surface area contributed by atoms with Crippen molar-refractivity contribution in [3.8, 4) is 0 Å². The molecule has 1 unspecified atom stereocenters. The summed E-state index contributed by atoms with van der Waals surface area (Å²) in [6.45, 7) is 6.43. The zero-order valence-electron chi connectivity index (χ0n) is 12.7. The van der Waals surface area contributed by atoms with Crippen LogP contribution in [0.15, 0.2) is 0 Å². The van der Waals surface area contributed by atoms with Gasteiger partial charge in [-0.15, -0.1) is 0 Å². The molecule has 7 nitrogen and oxygen atoms in total. The normalized spacial score (nSPS) is 22.4. The van der Waals surface area contributed by atoms with Gasteiger partial charge in [0.1, 0.15) is 0 Å². The van der Waals surface area contributed by atoms with Gasteiger partial charge in [-0.05, 0) is 26.7 Å². The van der Waals surface area contributed by atoms with Crippen molar-refractivity contribution >= 4 is 17.8 Å². The SMILES string of the molecule is CCNc1nc(NC2(C)CCCOC2)nc(N(C)C)n1. The van der Waals surface area contributed by atoms with Gasteiger partial charge >= 0.3 is 0 Å². The van der Waals surface area contributed by atoms with E-state index in [1.165, 1.54) is 0 Å². The number of aromatic nitrogens is 3. The number of hydrogen-bond acceptors (Lipinski definition) is 7. The van der Waals surface area contributed by atoms with E-state index in [4.69, 9.17) is 4.74 Å². The van der Waals surface area contributed by atoms with Gasteiger partial charge in [0, 0.05) is 27.2 Å².